The maximum Gasteiger partial charge on any atom is 0.309 e. The zero-order valence-corrected chi connectivity index (χ0v) is 23.3. The van der Waals surface area contributed by atoms with Crippen LogP contribution in [0.1, 0.15) is 73.1 Å². The molecule has 13 atom stereocenters. The first-order chi connectivity index (χ1) is 17.9. The van der Waals surface area contributed by atoms with Crippen LogP contribution in [0.15, 0.2) is 11.6 Å². The summed E-state index contributed by atoms with van der Waals surface area (Å²) < 4.78 is 5.26. The number of Topliss-reactive ketones (excluding diaryl/α,β-unsaturated/α-hetero) is 1. The van der Waals surface area contributed by atoms with Gasteiger partial charge in [-0.2, -0.15) is 0 Å². The quantitative estimate of drug-likeness (QED) is 0.264. The van der Waals surface area contributed by atoms with Crippen LogP contribution in [0.4, 0.5) is 0 Å². The van der Waals surface area contributed by atoms with Gasteiger partial charge in [0.2, 0.25) is 0 Å². The van der Waals surface area contributed by atoms with Crippen LogP contribution >= 0.6 is 0 Å². The van der Waals surface area contributed by atoms with Crippen molar-refractivity contribution in [1.29, 1.82) is 0 Å². The van der Waals surface area contributed by atoms with Crippen LogP contribution < -0.4 is 0 Å². The second-order valence-electron chi connectivity index (χ2n) is 13.7. The predicted molar refractivity (Wildman–Crippen MR) is 136 cm³/mol. The van der Waals surface area contributed by atoms with Crippen LogP contribution in [-0.4, -0.2) is 89.4 Å². The number of carbonyl (C=O) groups is 3. The first kappa shape index (κ1) is 28.8. The number of aliphatic hydroxyl groups excluding tert-OH is 3. The molecule has 0 aromatic rings. The van der Waals surface area contributed by atoms with Crippen molar-refractivity contribution in [3.05, 3.63) is 11.6 Å². The first-order valence-corrected chi connectivity index (χ1v) is 14.1. The Labute approximate surface area is 228 Å². The van der Waals surface area contributed by atoms with Gasteiger partial charge in [-0.3, -0.25) is 14.4 Å². The van der Waals surface area contributed by atoms with E-state index in [-0.39, 0.29) is 38.5 Å². The third-order valence-electron chi connectivity index (χ3n) is 12.0. The lowest BCUT2D eigenvalue weighted by Gasteiger charge is -2.63. The zero-order chi connectivity index (χ0) is 29.1. The smallest absolute Gasteiger partial charge is 0.309 e. The van der Waals surface area contributed by atoms with Gasteiger partial charge in [0.15, 0.2) is 11.6 Å². The number of aliphatic hydroxyl groups is 6. The molecule has 0 aromatic heterocycles. The Hall–Kier alpha value is -1.69. The van der Waals surface area contributed by atoms with Crippen molar-refractivity contribution in [3.63, 3.8) is 0 Å². The van der Waals surface area contributed by atoms with E-state index in [1.54, 1.807) is 27.7 Å². The molecule has 0 unspecified atom stereocenters. The van der Waals surface area contributed by atoms with Gasteiger partial charge < -0.3 is 35.4 Å². The third kappa shape index (κ3) is 3.51. The second kappa shape index (κ2) is 8.66. The standard InChI is InChI=1S/C29H42O10/c1-13-15(14(2)39-24(13)35)8-22(33)27(5,36)20-6-7-28(37)17-10-23(34)29(38)12-19(31)18(30)11-25(29,3)16(17)9-21(32)26(20,28)4/h10,13-16,18-21,30-32,36-38H,6-9,11-12H2,1-5H3/t13-,14+,15-,16-,18-,19+,20-,21+,25+,26-,27+,28+,29+/m0/s1. The minimum absolute atomic E-state index is 0.0271. The van der Waals surface area contributed by atoms with Gasteiger partial charge in [-0.1, -0.05) is 20.8 Å². The van der Waals surface area contributed by atoms with Crippen LogP contribution in [0.25, 0.3) is 0 Å². The highest BCUT2D eigenvalue weighted by Gasteiger charge is 2.74. The van der Waals surface area contributed by atoms with Crippen LogP contribution in [0.5, 0.6) is 0 Å². The lowest BCUT2D eigenvalue weighted by molar-refractivity contribution is -0.224. The van der Waals surface area contributed by atoms with Crippen molar-refractivity contribution < 1.29 is 49.8 Å². The summed E-state index contributed by atoms with van der Waals surface area (Å²) in [5.74, 6) is -4.03. The maximum absolute atomic E-state index is 13.6. The van der Waals surface area contributed by atoms with Crippen molar-refractivity contribution in [1.82, 2.24) is 0 Å². The number of fused-ring (bicyclic) bond motifs is 5. The molecule has 1 aliphatic heterocycles. The third-order valence-corrected chi connectivity index (χ3v) is 12.0. The summed E-state index contributed by atoms with van der Waals surface area (Å²) in [4.78, 5) is 39.0. The number of cyclic esters (lactones) is 1. The molecule has 5 aliphatic rings. The topological polar surface area (TPSA) is 182 Å². The molecule has 4 fully saturated rings. The van der Waals surface area contributed by atoms with Crippen molar-refractivity contribution in [2.75, 3.05) is 0 Å². The molecule has 4 aliphatic carbocycles. The molecule has 0 radical (unpaired) electrons. The van der Waals surface area contributed by atoms with E-state index < -0.39 is 93.3 Å². The lowest BCUT2D eigenvalue weighted by Crippen LogP contribution is -2.71. The number of hydrogen-bond donors (Lipinski definition) is 6. The Morgan fingerprint density at radius 3 is 2.28 bits per heavy atom. The van der Waals surface area contributed by atoms with Gasteiger partial charge in [-0.25, -0.2) is 0 Å². The highest BCUT2D eigenvalue weighted by atomic mass is 16.6. The monoisotopic (exact) mass is 550 g/mol. The largest absolute Gasteiger partial charge is 0.462 e. The SMILES string of the molecule is C[C@@H]1C(=O)O[C@H](C)[C@H]1CC(=O)[C@](C)(O)[C@H]1CC[C@@]2(O)C3=CC(=O)[C@]4(O)C[C@@H](O)[C@@H](O)C[C@]4(C)[C@H]3C[C@@H](O)[C@]12C. The van der Waals surface area contributed by atoms with E-state index in [0.717, 1.165) is 0 Å². The highest BCUT2D eigenvalue weighted by molar-refractivity contribution is 6.00. The van der Waals surface area contributed by atoms with Crippen molar-refractivity contribution >= 4 is 17.5 Å². The Balaban J connectivity index is 1.51. The summed E-state index contributed by atoms with van der Waals surface area (Å²) in [6.45, 7) is 8.07. The van der Waals surface area contributed by atoms with Gasteiger partial charge in [0.05, 0.1) is 29.8 Å². The number of ketones is 2. The minimum atomic E-state index is -1.97. The average Bonchev–Trinajstić information content (AvgIpc) is 3.27. The lowest BCUT2D eigenvalue weighted by atomic mass is 9.43. The van der Waals surface area contributed by atoms with Crippen LogP contribution in [0.2, 0.25) is 0 Å². The van der Waals surface area contributed by atoms with Gasteiger partial charge in [0.25, 0.3) is 0 Å². The summed E-state index contributed by atoms with van der Waals surface area (Å²) in [6.07, 6.45) is -3.21. The van der Waals surface area contributed by atoms with Crippen molar-refractivity contribution in [3.8, 4) is 0 Å². The second-order valence-corrected chi connectivity index (χ2v) is 13.7. The Morgan fingerprint density at radius 2 is 1.69 bits per heavy atom. The van der Waals surface area contributed by atoms with E-state index >= 15 is 0 Å². The fourth-order valence-corrected chi connectivity index (χ4v) is 9.15. The summed E-state index contributed by atoms with van der Waals surface area (Å²) in [5.41, 5.74) is -8.03. The van der Waals surface area contributed by atoms with Crippen LogP contribution in [-0.2, 0) is 19.1 Å². The number of ether oxygens (including phenoxy) is 1. The van der Waals surface area contributed by atoms with Gasteiger partial charge >= 0.3 is 5.97 Å². The molecular weight excluding hydrogens is 508 g/mol. The van der Waals surface area contributed by atoms with Gasteiger partial charge in [0, 0.05) is 35.5 Å². The highest BCUT2D eigenvalue weighted by Crippen LogP contribution is 2.69. The van der Waals surface area contributed by atoms with Crippen LogP contribution in [0, 0.1) is 34.5 Å². The average molecular weight is 551 g/mol. The number of esters is 1. The Bertz CT molecular complexity index is 1130. The predicted octanol–water partition coefficient (Wildman–Crippen LogP) is 0.185. The molecule has 39 heavy (non-hydrogen) atoms. The van der Waals surface area contributed by atoms with E-state index in [9.17, 15) is 45.0 Å². The molecule has 1 saturated heterocycles. The molecule has 0 spiro atoms. The summed E-state index contributed by atoms with van der Waals surface area (Å²) >= 11 is 0. The fourth-order valence-electron chi connectivity index (χ4n) is 9.15. The van der Waals surface area contributed by atoms with Crippen molar-refractivity contribution in [2.45, 2.75) is 114 Å². The maximum atomic E-state index is 13.6. The molecule has 0 aromatic carbocycles. The van der Waals surface area contributed by atoms with Crippen LogP contribution in [0.3, 0.4) is 0 Å². The Kier molecular flexibility index (Phi) is 6.40. The van der Waals surface area contributed by atoms with Crippen molar-refractivity contribution in [2.24, 2.45) is 34.5 Å². The minimum Gasteiger partial charge on any atom is -0.462 e. The summed E-state index contributed by atoms with van der Waals surface area (Å²) in [7, 11) is 0. The number of carbonyl (C=O) groups excluding carboxylic acids is 3. The normalized spacial score (nSPS) is 52.7. The molecule has 218 valence electrons. The molecule has 0 amide bonds. The number of rotatable bonds is 4. The molecule has 10 heteroatoms. The summed E-state index contributed by atoms with van der Waals surface area (Å²) in [6, 6.07) is 0. The fraction of sp³-hybridized carbons (Fsp3) is 0.828. The Morgan fingerprint density at radius 1 is 1.08 bits per heavy atom. The summed E-state index contributed by atoms with van der Waals surface area (Å²) in [5, 5.41) is 68.0. The van der Waals surface area contributed by atoms with E-state index in [2.05, 4.69) is 0 Å². The molecule has 0 bridgehead atoms. The number of hydrogen-bond acceptors (Lipinski definition) is 10. The van der Waals surface area contributed by atoms with Gasteiger partial charge in [0.1, 0.15) is 17.3 Å². The van der Waals surface area contributed by atoms with Gasteiger partial charge in [-0.05, 0) is 57.1 Å². The molecule has 1 heterocycles. The van der Waals surface area contributed by atoms with E-state index in [1.807, 2.05) is 0 Å². The molecule has 5 rings (SSSR count). The molecule has 6 N–H and O–H groups in total. The molecular formula is C29H42O10. The molecule has 3 saturated carbocycles. The van der Waals surface area contributed by atoms with E-state index in [4.69, 9.17) is 4.74 Å². The van der Waals surface area contributed by atoms with Gasteiger partial charge in [-0.15, -0.1) is 0 Å². The molecule has 10 nitrogen and oxygen atoms in total. The van der Waals surface area contributed by atoms with E-state index in [1.165, 1.54) is 13.0 Å². The zero-order valence-electron chi connectivity index (χ0n) is 23.3. The van der Waals surface area contributed by atoms with E-state index in [0.29, 0.717) is 5.57 Å². The first-order valence-electron chi connectivity index (χ1n) is 14.1.